The van der Waals surface area contributed by atoms with Gasteiger partial charge in [0.25, 0.3) is 5.91 Å². The molecule has 3 aromatic rings. The molecule has 0 saturated carbocycles. The van der Waals surface area contributed by atoms with Crippen LogP contribution in [0.15, 0.2) is 60.9 Å². The van der Waals surface area contributed by atoms with Crippen LogP contribution in [0, 0.1) is 0 Å². The number of carboxylic acids is 1. The molecule has 1 aromatic heterocycles. The van der Waals surface area contributed by atoms with Crippen molar-refractivity contribution in [2.24, 2.45) is 7.05 Å². The number of nitrogens with zero attached hydrogens (tertiary/aromatic N) is 3. The van der Waals surface area contributed by atoms with Gasteiger partial charge in [0.15, 0.2) is 0 Å². The molecular formula is C26H28N4O5. The number of fused-ring (bicyclic) bond motifs is 3. The number of benzene rings is 2. The summed E-state index contributed by atoms with van der Waals surface area (Å²) in [6.07, 6.45) is 2.30. The lowest BCUT2D eigenvalue weighted by Crippen LogP contribution is -2.47. The molecule has 182 valence electrons. The molecule has 1 unspecified atom stereocenters. The zero-order chi connectivity index (χ0) is 25.1. The Morgan fingerprint density at radius 1 is 1.09 bits per heavy atom. The van der Waals surface area contributed by atoms with Crippen LogP contribution >= 0.6 is 0 Å². The summed E-state index contributed by atoms with van der Waals surface area (Å²) < 4.78 is 7.11. The number of aryl methyl sites for hydroxylation is 1. The molecule has 0 fully saturated rings. The molecule has 1 aliphatic carbocycles. The Morgan fingerprint density at radius 2 is 1.69 bits per heavy atom. The SMILES string of the molecule is CC(C)N(CC(=O)O)C(=O)C(NC(=O)OCC1c2ccccc2-c2ccccc21)c1cnn(C)c1. The average Bonchev–Trinajstić information content (AvgIpc) is 3.40. The lowest BCUT2D eigenvalue weighted by atomic mass is 9.98. The molecule has 9 heteroatoms. The molecule has 0 aliphatic heterocycles. The fraction of sp³-hybridized carbons (Fsp3) is 0.308. The second-order valence-electron chi connectivity index (χ2n) is 8.80. The zero-order valence-electron chi connectivity index (χ0n) is 19.8. The molecule has 2 N–H and O–H groups in total. The second kappa shape index (κ2) is 10.0. The Labute approximate surface area is 203 Å². The lowest BCUT2D eigenvalue weighted by molar-refractivity contribution is -0.146. The Morgan fingerprint density at radius 3 is 2.20 bits per heavy atom. The summed E-state index contributed by atoms with van der Waals surface area (Å²) in [5.41, 5.74) is 4.81. The summed E-state index contributed by atoms with van der Waals surface area (Å²) >= 11 is 0. The molecule has 1 aliphatic rings. The van der Waals surface area contributed by atoms with E-state index >= 15 is 0 Å². The van der Waals surface area contributed by atoms with Gasteiger partial charge in [0.1, 0.15) is 19.2 Å². The fourth-order valence-corrected chi connectivity index (χ4v) is 4.46. The van der Waals surface area contributed by atoms with E-state index < -0.39 is 30.6 Å². The highest BCUT2D eigenvalue weighted by molar-refractivity contribution is 5.89. The van der Waals surface area contributed by atoms with Crippen LogP contribution < -0.4 is 5.32 Å². The van der Waals surface area contributed by atoms with Crippen LogP contribution in [0.4, 0.5) is 4.79 Å². The van der Waals surface area contributed by atoms with E-state index in [1.807, 2.05) is 48.5 Å². The molecular weight excluding hydrogens is 448 g/mol. The van der Waals surface area contributed by atoms with Crippen LogP contribution in [0.3, 0.4) is 0 Å². The normalized spacial score (nSPS) is 13.1. The first-order chi connectivity index (χ1) is 16.8. The van der Waals surface area contributed by atoms with Crippen LogP contribution in [0.5, 0.6) is 0 Å². The van der Waals surface area contributed by atoms with Gasteiger partial charge in [-0.1, -0.05) is 48.5 Å². The van der Waals surface area contributed by atoms with Gasteiger partial charge in [-0.15, -0.1) is 0 Å². The minimum absolute atomic E-state index is 0.0941. The Kier molecular flexibility index (Phi) is 6.86. The van der Waals surface area contributed by atoms with Crippen LogP contribution in [0.1, 0.15) is 42.5 Å². The smallest absolute Gasteiger partial charge is 0.408 e. The van der Waals surface area contributed by atoms with E-state index in [1.54, 1.807) is 27.1 Å². The van der Waals surface area contributed by atoms with Crippen molar-refractivity contribution >= 4 is 18.0 Å². The summed E-state index contributed by atoms with van der Waals surface area (Å²) in [5.74, 6) is -1.82. The standard InChI is InChI=1S/C26H28N4O5/c1-16(2)30(14-23(31)32)25(33)24(17-12-27-29(3)13-17)28-26(34)35-15-22-20-10-6-4-8-18(20)19-9-5-7-11-21(19)22/h4-13,16,22,24H,14-15H2,1-3H3,(H,28,34)(H,31,32). The van der Waals surface area contributed by atoms with E-state index in [0.717, 1.165) is 22.3 Å². The van der Waals surface area contributed by atoms with Gasteiger partial charge in [-0.2, -0.15) is 5.10 Å². The minimum Gasteiger partial charge on any atom is -0.480 e. The van der Waals surface area contributed by atoms with Gasteiger partial charge in [0.05, 0.1) is 6.20 Å². The van der Waals surface area contributed by atoms with Crippen LogP contribution in [-0.4, -0.2) is 57.0 Å². The number of alkyl carbamates (subject to hydrolysis) is 1. The summed E-state index contributed by atoms with van der Waals surface area (Å²) in [6.45, 7) is 3.04. The van der Waals surface area contributed by atoms with Crippen molar-refractivity contribution in [3.63, 3.8) is 0 Å². The van der Waals surface area contributed by atoms with Gasteiger partial charge in [0, 0.05) is 30.8 Å². The van der Waals surface area contributed by atoms with Gasteiger partial charge in [-0.25, -0.2) is 4.79 Å². The monoisotopic (exact) mass is 476 g/mol. The highest BCUT2D eigenvalue weighted by atomic mass is 16.5. The summed E-state index contributed by atoms with van der Waals surface area (Å²) in [7, 11) is 1.69. The molecule has 2 amide bonds. The van der Waals surface area contributed by atoms with Crippen LogP contribution in [-0.2, 0) is 21.4 Å². The number of carbonyl (C=O) groups excluding carboxylic acids is 2. The van der Waals surface area contributed by atoms with Crippen molar-refractivity contribution in [3.05, 3.63) is 77.6 Å². The third-order valence-corrected chi connectivity index (χ3v) is 6.12. The third-order valence-electron chi connectivity index (χ3n) is 6.12. The Bertz CT molecular complexity index is 1210. The number of amides is 2. The van der Waals surface area contributed by atoms with E-state index in [2.05, 4.69) is 10.4 Å². The van der Waals surface area contributed by atoms with E-state index in [0.29, 0.717) is 5.56 Å². The number of ether oxygens (including phenoxy) is 1. The maximum absolute atomic E-state index is 13.3. The maximum atomic E-state index is 13.3. The van der Waals surface area contributed by atoms with Crippen molar-refractivity contribution in [3.8, 4) is 11.1 Å². The Balaban J connectivity index is 1.52. The first kappa shape index (κ1) is 24.0. The van der Waals surface area contributed by atoms with E-state index in [-0.39, 0.29) is 18.6 Å². The fourth-order valence-electron chi connectivity index (χ4n) is 4.46. The van der Waals surface area contributed by atoms with Crippen LogP contribution in [0.2, 0.25) is 0 Å². The van der Waals surface area contributed by atoms with Gasteiger partial charge < -0.3 is 20.1 Å². The number of carbonyl (C=O) groups is 3. The molecule has 35 heavy (non-hydrogen) atoms. The highest BCUT2D eigenvalue weighted by Gasteiger charge is 2.33. The van der Waals surface area contributed by atoms with Gasteiger partial charge in [-0.3, -0.25) is 14.3 Å². The lowest BCUT2D eigenvalue weighted by Gasteiger charge is -2.29. The number of hydrogen-bond acceptors (Lipinski definition) is 5. The molecule has 9 nitrogen and oxygen atoms in total. The van der Waals surface area contributed by atoms with Crippen molar-refractivity contribution in [1.29, 1.82) is 0 Å². The molecule has 0 spiro atoms. The maximum Gasteiger partial charge on any atom is 0.408 e. The topological polar surface area (TPSA) is 114 Å². The molecule has 1 heterocycles. The third kappa shape index (κ3) is 5.03. The average molecular weight is 477 g/mol. The molecule has 0 saturated heterocycles. The number of nitrogens with one attached hydrogen (secondary N) is 1. The number of rotatable bonds is 8. The van der Waals surface area contributed by atoms with Gasteiger partial charge >= 0.3 is 12.1 Å². The van der Waals surface area contributed by atoms with Gasteiger partial charge in [0.2, 0.25) is 0 Å². The zero-order valence-corrected chi connectivity index (χ0v) is 19.8. The van der Waals surface area contributed by atoms with Crippen molar-refractivity contribution in [1.82, 2.24) is 20.0 Å². The predicted molar refractivity (Wildman–Crippen MR) is 129 cm³/mol. The summed E-state index contributed by atoms with van der Waals surface area (Å²) in [6, 6.07) is 14.5. The number of carboxylic acid groups (broad SMARTS) is 1. The quantitative estimate of drug-likeness (QED) is 0.516. The predicted octanol–water partition coefficient (Wildman–Crippen LogP) is 3.32. The molecule has 2 aromatic carbocycles. The Hall–Kier alpha value is -4.14. The summed E-state index contributed by atoms with van der Waals surface area (Å²) in [4.78, 5) is 38.7. The molecule has 0 radical (unpaired) electrons. The van der Waals surface area contributed by atoms with Crippen molar-refractivity contribution in [2.75, 3.05) is 13.2 Å². The first-order valence-corrected chi connectivity index (χ1v) is 11.4. The number of aliphatic carboxylic acids is 1. The van der Waals surface area contributed by atoms with Crippen molar-refractivity contribution < 1.29 is 24.2 Å². The van der Waals surface area contributed by atoms with E-state index in [1.165, 1.54) is 15.8 Å². The van der Waals surface area contributed by atoms with E-state index in [4.69, 9.17) is 4.74 Å². The highest BCUT2D eigenvalue weighted by Crippen LogP contribution is 2.44. The largest absolute Gasteiger partial charge is 0.480 e. The molecule has 0 bridgehead atoms. The summed E-state index contributed by atoms with van der Waals surface area (Å²) in [5, 5.41) is 16.0. The van der Waals surface area contributed by atoms with Gasteiger partial charge in [-0.05, 0) is 36.1 Å². The second-order valence-corrected chi connectivity index (χ2v) is 8.80. The first-order valence-electron chi connectivity index (χ1n) is 11.4. The minimum atomic E-state index is -1.14. The van der Waals surface area contributed by atoms with Crippen LogP contribution in [0.25, 0.3) is 11.1 Å². The molecule has 4 rings (SSSR count). The number of aromatic nitrogens is 2. The molecule has 1 atom stereocenters. The van der Waals surface area contributed by atoms with Crippen molar-refractivity contribution in [2.45, 2.75) is 31.8 Å². The number of hydrogen-bond donors (Lipinski definition) is 2. The van der Waals surface area contributed by atoms with E-state index in [9.17, 15) is 19.5 Å².